The van der Waals surface area contributed by atoms with Crippen molar-refractivity contribution in [1.29, 1.82) is 0 Å². The van der Waals surface area contributed by atoms with Gasteiger partial charge in [0.15, 0.2) is 17.5 Å². The number of hydrogen-bond acceptors (Lipinski definition) is 5. The Bertz CT molecular complexity index is 2840. The molecule has 0 spiro atoms. The minimum absolute atomic E-state index is 0.623. The van der Waals surface area contributed by atoms with Gasteiger partial charge in [-0.3, -0.25) is 0 Å². The number of benzene rings is 7. The van der Waals surface area contributed by atoms with Crippen molar-refractivity contribution in [2.45, 2.75) is 0 Å². The van der Waals surface area contributed by atoms with E-state index in [2.05, 4.69) is 115 Å². The summed E-state index contributed by atoms with van der Waals surface area (Å²) < 4.78 is 8.98. The van der Waals surface area contributed by atoms with Crippen molar-refractivity contribution in [3.05, 3.63) is 152 Å². The fraction of sp³-hybridized carbons (Fsp3) is 0. The third kappa shape index (κ3) is 4.33. The summed E-state index contributed by atoms with van der Waals surface area (Å²) in [7, 11) is 0. The van der Waals surface area contributed by atoms with Gasteiger partial charge in [0.25, 0.3) is 0 Å². The van der Waals surface area contributed by atoms with Crippen LogP contribution in [-0.2, 0) is 0 Å². The molecule has 0 aliphatic heterocycles. The fourth-order valence-corrected chi connectivity index (χ4v) is 7.94. The van der Waals surface area contributed by atoms with Crippen LogP contribution >= 0.6 is 11.3 Å². The van der Waals surface area contributed by atoms with Crippen LogP contribution in [-0.4, -0.2) is 15.0 Å². The summed E-state index contributed by atoms with van der Waals surface area (Å²) >= 11 is 1.79. The molecule has 4 nitrogen and oxygen atoms in total. The summed E-state index contributed by atoms with van der Waals surface area (Å²) in [6.45, 7) is 0. The molecular formula is C43H25N3OS. The van der Waals surface area contributed by atoms with E-state index < -0.39 is 0 Å². The minimum Gasteiger partial charge on any atom is -0.455 e. The van der Waals surface area contributed by atoms with Crippen molar-refractivity contribution >= 4 is 64.2 Å². The van der Waals surface area contributed by atoms with Gasteiger partial charge in [-0.1, -0.05) is 115 Å². The largest absolute Gasteiger partial charge is 0.455 e. The van der Waals surface area contributed by atoms with Crippen LogP contribution in [0.15, 0.2) is 156 Å². The molecule has 0 aliphatic rings. The van der Waals surface area contributed by atoms with Gasteiger partial charge in [-0.25, -0.2) is 15.0 Å². The van der Waals surface area contributed by atoms with Gasteiger partial charge in [-0.2, -0.15) is 0 Å². The van der Waals surface area contributed by atoms with Gasteiger partial charge in [-0.15, -0.1) is 11.3 Å². The van der Waals surface area contributed by atoms with Gasteiger partial charge in [0.05, 0.1) is 0 Å². The van der Waals surface area contributed by atoms with Crippen LogP contribution in [0.5, 0.6) is 0 Å². The molecule has 7 aromatic carbocycles. The molecule has 0 saturated heterocycles. The van der Waals surface area contributed by atoms with Crippen molar-refractivity contribution in [2.75, 3.05) is 0 Å². The molecule has 0 unspecified atom stereocenters. The van der Waals surface area contributed by atoms with Gasteiger partial charge < -0.3 is 4.42 Å². The summed E-state index contributed by atoms with van der Waals surface area (Å²) in [6.07, 6.45) is 0. The van der Waals surface area contributed by atoms with Gasteiger partial charge in [0.2, 0.25) is 0 Å². The molecule has 0 saturated carbocycles. The average molecular weight is 632 g/mol. The lowest BCUT2D eigenvalue weighted by Crippen LogP contribution is -2.00. The molecule has 224 valence electrons. The first kappa shape index (κ1) is 27.0. The molecule has 0 atom stereocenters. The van der Waals surface area contributed by atoms with Crippen LogP contribution in [0.1, 0.15) is 0 Å². The van der Waals surface area contributed by atoms with E-state index in [1.807, 2.05) is 36.4 Å². The highest BCUT2D eigenvalue weighted by atomic mass is 32.1. The van der Waals surface area contributed by atoms with Crippen LogP contribution in [0.2, 0.25) is 0 Å². The van der Waals surface area contributed by atoms with E-state index in [-0.39, 0.29) is 0 Å². The molecule has 3 heterocycles. The average Bonchev–Trinajstić information content (AvgIpc) is 3.73. The molecule has 48 heavy (non-hydrogen) atoms. The Morgan fingerprint density at radius 3 is 1.83 bits per heavy atom. The molecule has 10 aromatic rings. The third-order valence-electron chi connectivity index (χ3n) is 9.13. The molecule has 10 rings (SSSR count). The first-order chi connectivity index (χ1) is 23.8. The zero-order valence-electron chi connectivity index (χ0n) is 25.6. The molecule has 5 heteroatoms. The summed E-state index contributed by atoms with van der Waals surface area (Å²) in [5.41, 5.74) is 6.82. The Labute approximate surface area is 279 Å². The summed E-state index contributed by atoms with van der Waals surface area (Å²) in [6, 6.07) is 52.7. The molecule has 0 fully saturated rings. The van der Waals surface area contributed by atoms with Crippen molar-refractivity contribution in [3.8, 4) is 45.3 Å². The monoisotopic (exact) mass is 631 g/mol. The predicted octanol–water partition coefficient (Wildman–Crippen LogP) is 12.0. The molecule has 0 N–H and O–H groups in total. The second-order valence-corrected chi connectivity index (χ2v) is 13.1. The Hall–Kier alpha value is -6.17. The highest BCUT2D eigenvalue weighted by molar-refractivity contribution is 7.25. The standard InChI is InChI=1S/C43H25N3OS/c1-3-11-26(12-4-1)28-19-22-33-34(23-28)36(25-35-30-15-7-9-17-37(30)47-40(33)35)43-45-41(27-13-5-2-6-14-27)44-42(46-43)29-20-21-32-31-16-8-10-18-38(31)48-39(32)24-29/h1-25H. The number of furan rings is 1. The molecular weight excluding hydrogens is 607 g/mol. The van der Waals surface area contributed by atoms with Crippen LogP contribution < -0.4 is 0 Å². The van der Waals surface area contributed by atoms with E-state index in [0.29, 0.717) is 17.5 Å². The fourth-order valence-electron chi connectivity index (χ4n) is 6.80. The smallest absolute Gasteiger partial charge is 0.164 e. The predicted molar refractivity (Wildman–Crippen MR) is 199 cm³/mol. The maximum absolute atomic E-state index is 6.50. The summed E-state index contributed by atoms with van der Waals surface area (Å²) in [5.74, 6) is 1.90. The van der Waals surface area contributed by atoms with Crippen LogP contribution in [0, 0.1) is 0 Å². The SMILES string of the molecule is c1ccc(-c2ccc3c(c2)c(-c2nc(-c4ccccc4)nc(-c4ccc5c(c4)sc4ccccc45)n2)cc2c4ccccc4oc32)cc1. The van der Waals surface area contributed by atoms with Crippen LogP contribution in [0.3, 0.4) is 0 Å². The van der Waals surface area contributed by atoms with Crippen LogP contribution in [0.4, 0.5) is 0 Å². The van der Waals surface area contributed by atoms with Gasteiger partial charge in [0.1, 0.15) is 11.2 Å². The number of fused-ring (bicyclic) bond motifs is 8. The van der Waals surface area contributed by atoms with Crippen LogP contribution in [0.25, 0.3) is 98.2 Å². The number of aromatic nitrogens is 3. The lowest BCUT2D eigenvalue weighted by Gasteiger charge is -2.12. The van der Waals surface area contributed by atoms with E-state index >= 15 is 0 Å². The summed E-state index contributed by atoms with van der Waals surface area (Å²) in [4.78, 5) is 15.5. The Kier molecular flexibility index (Phi) is 6.01. The molecule has 0 aliphatic carbocycles. The Morgan fingerprint density at radius 1 is 0.375 bits per heavy atom. The first-order valence-electron chi connectivity index (χ1n) is 15.9. The van der Waals surface area contributed by atoms with Gasteiger partial charge in [-0.05, 0) is 52.9 Å². The first-order valence-corrected chi connectivity index (χ1v) is 16.8. The number of para-hydroxylation sites is 1. The number of nitrogens with zero attached hydrogens (tertiary/aromatic N) is 3. The van der Waals surface area contributed by atoms with E-state index in [4.69, 9.17) is 19.4 Å². The number of thiophene rings is 1. The zero-order valence-corrected chi connectivity index (χ0v) is 26.4. The number of rotatable bonds is 4. The molecule has 0 bridgehead atoms. The Balaban J connectivity index is 1.27. The molecule has 0 radical (unpaired) electrons. The third-order valence-corrected chi connectivity index (χ3v) is 10.3. The maximum atomic E-state index is 6.50. The highest BCUT2D eigenvalue weighted by Gasteiger charge is 2.20. The van der Waals surface area contributed by atoms with E-state index in [9.17, 15) is 0 Å². The zero-order chi connectivity index (χ0) is 31.6. The normalized spacial score (nSPS) is 11.8. The summed E-state index contributed by atoms with van der Waals surface area (Å²) in [5, 5.41) is 6.67. The van der Waals surface area contributed by atoms with Crippen molar-refractivity contribution in [3.63, 3.8) is 0 Å². The molecule has 3 aromatic heterocycles. The lowest BCUT2D eigenvalue weighted by atomic mass is 9.95. The lowest BCUT2D eigenvalue weighted by molar-refractivity contribution is 0.672. The molecule has 0 amide bonds. The van der Waals surface area contributed by atoms with E-state index in [1.54, 1.807) is 11.3 Å². The van der Waals surface area contributed by atoms with Crippen molar-refractivity contribution in [1.82, 2.24) is 15.0 Å². The Morgan fingerprint density at radius 2 is 1.00 bits per heavy atom. The minimum atomic E-state index is 0.623. The van der Waals surface area contributed by atoms with E-state index in [1.165, 1.54) is 20.2 Å². The topological polar surface area (TPSA) is 51.8 Å². The van der Waals surface area contributed by atoms with Gasteiger partial charge >= 0.3 is 0 Å². The maximum Gasteiger partial charge on any atom is 0.164 e. The quantitative estimate of drug-likeness (QED) is 0.194. The van der Waals surface area contributed by atoms with Crippen molar-refractivity contribution in [2.24, 2.45) is 0 Å². The highest BCUT2D eigenvalue weighted by Crippen LogP contribution is 2.41. The van der Waals surface area contributed by atoms with Gasteiger partial charge in [0, 0.05) is 53.0 Å². The van der Waals surface area contributed by atoms with Crippen molar-refractivity contribution < 1.29 is 4.42 Å². The number of hydrogen-bond donors (Lipinski definition) is 0. The van der Waals surface area contributed by atoms with E-state index in [0.717, 1.165) is 60.5 Å². The second-order valence-electron chi connectivity index (χ2n) is 12.0. The second kappa shape index (κ2) is 10.7.